The fourth-order valence-corrected chi connectivity index (χ4v) is 1.93. The molecule has 16 heavy (non-hydrogen) atoms. The summed E-state index contributed by atoms with van der Waals surface area (Å²) in [7, 11) is 0. The van der Waals surface area contributed by atoms with Gasteiger partial charge in [0.05, 0.1) is 10.5 Å². The lowest BCUT2D eigenvalue weighted by atomic mass is 10.0. The zero-order chi connectivity index (χ0) is 12.2. The molecule has 0 radical (unpaired) electrons. The van der Waals surface area contributed by atoms with Crippen LogP contribution < -0.4 is 5.32 Å². The smallest absolute Gasteiger partial charge is 0.324 e. The molecule has 1 heterocycles. The number of rotatable bonds is 6. The molecule has 0 aliphatic rings. The SMILES string of the molecule is CCC(C)(O)CNCc1ccc([N+](=O)[O-])s1. The third-order valence-corrected chi connectivity index (χ3v) is 3.43. The van der Waals surface area contributed by atoms with Crippen molar-refractivity contribution in [3.8, 4) is 0 Å². The summed E-state index contributed by atoms with van der Waals surface area (Å²) in [6.45, 7) is 4.71. The predicted molar refractivity (Wildman–Crippen MR) is 63.6 cm³/mol. The average Bonchev–Trinajstić information content (AvgIpc) is 2.66. The van der Waals surface area contributed by atoms with Gasteiger partial charge in [-0.2, -0.15) is 0 Å². The van der Waals surface area contributed by atoms with E-state index in [0.29, 0.717) is 19.5 Å². The van der Waals surface area contributed by atoms with E-state index in [1.165, 1.54) is 6.07 Å². The largest absolute Gasteiger partial charge is 0.389 e. The van der Waals surface area contributed by atoms with E-state index in [1.54, 1.807) is 13.0 Å². The van der Waals surface area contributed by atoms with Crippen LogP contribution in [-0.4, -0.2) is 22.2 Å². The molecule has 1 rings (SSSR count). The summed E-state index contributed by atoms with van der Waals surface area (Å²) in [5.74, 6) is 0. The van der Waals surface area contributed by atoms with E-state index in [2.05, 4.69) is 5.32 Å². The fraction of sp³-hybridized carbons (Fsp3) is 0.600. The van der Waals surface area contributed by atoms with Crippen LogP contribution in [0.15, 0.2) is 12.1 Å². The maximum absolute atomic E-state index is 10.4. The Morgan fingerprint density at radius 3 is 2.81 bits per heavy atom. The first-order valence-electron chi connectivity index (χ1n) is 5.11. The highest BCUT2D eigenvalue weighted by atomic mass is 32.1. The molecule has 6 heteroatoms. The van der Waals surface area contributed by atoms with Gasteiger partial charge in [0.2, 0.25) is 0 Å². The molecule has 0 aliphatic carbocycles. The van der Waals surface area contributed by atoms with Crippen molar-refractivity contribution in [2.45, 2.75) is 32.4 Å². The number of hydrogen-bond acceptors (Lipinski definition) is 5. The van der Waals surface area contributed by atoms with E-state index in [4.69, 9.17) is 0 Å². The van der Waals surface area contributed by atoms with Gasteiger partial charge in [-0.15, -0.1) is 0 Å². The quantitative estimate of drug-likeness (QED) is 0.592. The van der Waals surface area contributed by atoms with Crippen LogP contribution in [0.2, 0.25) is 0 Å². The third kappa shape index (κ3) is 3.88. The Balaban J connectivity index is 2.40. The van der Waals surface area contributed by atoms with Crippen molar-refractivity contribution in [3.05, 3.63) is 27.1 Å². The Kier molecular flexibility index (Phi) is 4.40. The summed E-state index contributed by atoms with van der Waals surface area (Å²) in [6, 6.07) is 3.23. The molecule has 90 valence electrons. The Labute approximate surface area is 98.3 Å². The second kappa shape index (κ2) is 5.38. The van der Waals surface area contributed by atoms with Crippen LogP contribution in [0, 0.1) is 10.1 Å². The Bertz CT molecular complexity index is 363. The fourth-order valence-electron chi connectivity index (χ4n) is 1.14. The molecule has 2 N–H and O–H groups in total. The molecule has 0 saturated heterocycles. The van der Waals surface area contributed by atoms with Gasteiger partial charge in [-0.1, -0.05) is 18.3 Å². The lowest BCUT2D eigenvalue weighted by molar-refractivity contribution is -0.380. The maximum atomic E-state index is 10.4. The maximum Gasteiger partial charge on any atom is 0.324 e. The van der Waals surface area contributed by atoms with Crippen molar-refractivity contribution < 1.29 is 10.0 Å². The van der Waals surface area contributed by atoms with E-state index in [0.717, 1.165) is 16.2 Å². The van der Waals surface area contributed by atoms with E-state index >= 15 is 0 Å². The minimum absolute atomic E-state index is 0.152. The topological polar surface area (TPSA) is 75.4 Å². The van der Waals surface area contributed by atoms with Gasteiger partial charge >= 0.3 is 5.00 Å². The van der Waals surface area contributed by atoms with Gasteiger partial charge in [0, 0.05) is 24.0 Å². The first kappa shape index (κ1) is 13.1. The summed E-state index contributed by atoms with van der Waals surface area (Å²) in [6.07, 6.45) is 0.671. The minimum Gasteiger partial charge on any atom is -0.389 e. The third-order valence-electron chi connectivity index (χ3n) is 2.39. The van der Waals surface area contributed by atoms with Crippen molar-refractivity contribution in [1.82, 2.24) is 5.32 Å². The minimum atomic E-state index is -0.719. The van der Waals surface area contributed by atoms with Crippen LogP contribution in [-0.2, 0) is 6.54 Å². The Morgan fingerprint density at radius 1 is 1.62 bits per heavy atom. The second-order valence-electron chi connectivity index (χ2n) is 3.95. The molecule has 0 aromatic carbocycles. The monoisotopic (exact) mass is 244 g/mol. The Morgan fingerprint density at radius 2 is 2.31 bits per heavy atom. The molecule has 0 bridgehead atoms. The van der Waals surface area contributed by atoms with Gasteiger partial charge < -0.3 is 10.4 Å². The molecule has 1 unspecified atom stereocenters. The normalized spacial score (nSPS) is 14.7. The highest BCUT2D eigenvalue weighted by molar-refractivity contribution is 7.15. The van der Waals surface area contributed by atoms with Gasteiger partial charge in [0.15, 0.2) is 0 Å². The summed E-state index contributed by atoms with van der Waals surface area (Å²) in [5.41, 5.74) is -0.719. The van der Waals surface area contributed by atoms with E-state index in [1.807, 2.05) is 6.92 Å². The Hall–Kier alpha value is -0.980. The van der Waals surface area contributed by atoms with Gasteiger partial charge in [0.1, 0.15) is 0 Å². The van der Waals surface area contributed by atoms with E-state index < -0.39 is 10.5 Å². The lowest BCUT2D eigenvalue weighted by Crippen LogP contribution is -2.36. The van der Waals surface area contributed by atoms with Crippen LogP contribution >= 0.6 is 11.3 Å². The first-order valence-corrected chi connectivity index (χ1v) is 5.92. The van der Waals surface area contributed by atoms with E-state index in [-0.39, 0.29) is 5.00 Å². The highest BCUT2D eigenvalue weighted by Gasteiger charge is 2.17. The number of thiophene rings is 1. The molecule has 0 fully saturated rings. The average molecular weight is 244 g/mol. The first-order chi connectivity index (χ1) is 7.44. The van der Waals surface area contributed by atoms with Crippen molar-refractivity contribution >= 4 is 16.3 Å². The van der Waals surface area contributed by atoms with Gasteiger partial charge in [-0.3, -0.25) is 10.1 Å². The number of hydrogen-bond donors (Lipinski definition) is 2. The molecule has 1 aromatic rings. The molecule has 5 nitrogen and oxygen atoms in total. The second-order valence-corrected chi connectivity index (χ2v) is 5.10. The van der Waals surface area contributed by atoms with Gasteiger partial charge in [-0.25, -0.2) is 0 Å². The molecule has 0 saturated carbocycles. The zero-order valence-electron chi connectivity index (χ0n) is 9.40. The van der Waals surface area contributed by atoms with Crippen LogP contribution in [0.25, 0.3) is 0 Å². The molecular formula is C10H16N2O3S. The molecule has 0 spiro atoms. The molecule has 1 aromatic heterocycles. The standard InChI is InChI=1S/C10H16N2O3S/c1-3-10(2,13)7-11-6-8-4-5-9(16-8)12(14)15/h4-5,11,13H,3,6-7H2,1-2H3. The van der Waals surface area contributed by atoms with E-state index in [9.17, 15) is 15.2 Å². The summed E-state index contributed by atoms with van der Waals surface area (Å²) >= 11 is 1.16. The van der Waals surface area contributed by atoms with Crippen molar-refractivity contribution in [3.63, 3.8) is 0 Å². The number of nitrogens with zero attached hydrogens (tertiary/aromatic N) is 1. The van der Waals surface area contributed by atoms with Crippen molar-refractivity contribution in [2.75, 3.05) is 6.54 Å². The summed E-state index contributed by atoms with van der Waals surface area (Å²) in [4.78, 5) is 11.0. The van der Waals surface area contributed by atoms with Crippen molar-refractivity contribution in [1.29, 1.82) is 0 Å². The highest BCUT2D eigenvalue weighted by Crippen LogP contribution is 2.23. The summed E-state index contributed by atoms with van der Waals surface area (Å²) in [5, 5.41) is 23.4. The summed E-state index contributed by atoms with van der Waals surface area (Å²) < 4.78 is 0. The molecule has 0 aliphatic heterocycles. The van der Waals surface area contributed by atoms with Crippen LogP contribution in [0.3, 0.4) is 0 Å². The van der Waals surface area contributed by atoms with Crippen LogP contribution in [0.4, 0.5) is 5.00 Å². The lowest BCUT2D eigenvalue weighted by Gasteiger charge is -2.21. The van der Waals surface area contributed by atoms with Crippen LogP contribution in [0.1, 0.15) is 25.1 Å². The molecular weight excluding hydrogens is 228 g/mol. The molecule has 0 amide bonds. The number of nitrogens with one attached hydrogen (secondary N) is 1. The van der Waals surface area contributed by atoms with Crippen molar-refractivity contribution in [2.24, 2.45) is 0 Å². The van der Waals surface area contributed by atoms with Gasteiger partial charge in [0.25, 0.3) is 0 Å². The predicted octanol–water partition coefficient (Wildman–Crippen LogP) is 1.91. The van der Waals surface area contributed by atoms with Crippen LogP contribution in [0.5, 0.6) is 0 Å². The number of aliphatic hydroxyl groups is 1. The molecule has 1 atom stereocenters. The van der Waals surface area contributed by atoms with Gasteiger partial charge in [-0.05, 0) is 19.4 Å². The zero-order valence-corrected chi connectivity index (χ0v) is 10.2. The number of nitro groups is 1.